The minimum Gasteiger partial charge on any atom is -0.477 e. The molecule has 9 heteroatoms. The van der Waals surface area contributed by atoms with E-state index in [1.165, 1.54) is 10.9 Å². The number of rotatable bonds is 8. The number of carbonyl (C=O) groups excluding carboxylic acids is 1. The molecule has 0 aliphatic heterocycles. The van der Waals surface area contributed by atoms with Crippen molar-refractivity contribution in [3.63, 3.8) is 0 Å². The van der Waals surface area contributed by atoms with E-state index >= 15 is 0 Å². The lowest BCUT2D eigenvalue weighted by Gasteiger charge is -2.14. The van der Waals surface area contributed by atoms with Crippen LogP contribution < -0.4 is 10.3 Å². The molecule has 0 fully saturated rings. The van der Waals surface area contributed by atoms with Gasteiger partial charge in [0.15, 0.2) is 6.10 Å². The fourth-order valence-electron chi connectivity index (χ4n) is 3.01. The lowest BCUT2D eigenvalue weighted by Crippen LogP contribution is -2.26. The van der Waals surface area contributed by atoms with Gasteiger partial charge in [-0.15, -0.1) is 0 Å². The Morgan fingerprint density at radius 3 is 2.75 bits per heavy atom. The average Bonchev–Trinajstić information content (AvgIpc) is 2.76. The largest absolute Gasteiger partial charge is 0.477 e. The number of hydrogen-bond donors (Lipinski definition) is 0. The molecule has 2 aromatic carbocycles. The summed E-state index contributed by atoms with van der Waals surface area (Å²) in [5, 5.41) is 5.18. The van der Waals surface area contributed by atoms with Crippen LogP contribution in [0, 0.1) is 0 Å². The smallest absolute Gasteiger partial charge is 0.347 e. The molecule has 1 heterocycles. The Hall–Kier alpha value is -2.71. The predicted octanol–water partition coefficient (Wildman–Crippen LogP) is 4.98. The van der Waals surface area contributed by atoms with Gasteiger partial charge in [0.05, 0.1) is 28.7 Å². The SMILES string of the molecule is CCCc1nc2ccc(Br)cc2c(=O)n1N=Cc1ccc(O[C@@H](C)C(=O)OCC)c(Cl)c1. The molecular weight excluding hydrogens is 498 g/mol. The van der Waals surface area contributed by atoms with Crippen LogP contribution in [-0.2, 0) is 16.0 Å². The topological polar surface area (TPSA) is 82.8 Å². The molecule has 0 unspecified atom stereocenters. The van der Waals surface area contributed by atoms with E-state index in [2.05, 4.69) is 26.0 Å². The Morgan fingerprint density at radius 2 is 2.06 bits per heavy atom. The summed E-state index contributed by atoms with van der Waals surface area (Å²) in [6.45, 7) is 5.61. The number of hydrogen-bond acceptors (Lipinski definition) is 6. The second-order valence-corrected chi connectivity index (χ2v) is 8.33. The normalized spacial score (nSPS) is 12.3. The maximum absolute atomic E-state index is 13.1. The monoisotopic (exact) mass is 519 g/mol. The van der Waals surface area contributed by atoms with E-state index in [1.54, 1.807) is 38.1 Å². The van der Waals surface area contributed by atoms with E-state index in [0.29, 0.717) is 39.5 Å². The van der Waals surface area contributed by atoms with E-state index in [-0.39, 0.29) is 12.2 Å². The molecule has 7 nitrogen and oxygen atoms in total. The van der Waals surface area contributed by atoms with E-state index < -0.39 is 12.1 Å². The van der Waals surface area contributed by atoms with Crippen LogP contribution in [0.5, 0.6) is 5.75 Å². The molecule has 0 spiro atoms. The third-order valence-electron chi connectivity index (χ3n) is 4.55. The lowest BCUT2D eigenvalue weighted by atomic mass is 10.2. The van der Waals surface area contributed by atoms with Gasteiger partial charge in [-0.3, -0.25) is 4.79 Å². The van der Waals surface area contributed by atoms with Crippen molar-refractivity contribution in [2.75, 3.05) is 6.61 Å². The van der Waals surface area contributed by atoms with Crippen molar-refractivity contribution < 1.29 is 14.3 Å². The number of aromatic nitrogens is 2. The Kier molecular flexibility index (Phi) is 8.04. The summed E-state index contributed by atoms with van der Waals surface area (Å²) in [4.78, 5) is 29.4. The molecular formula is C23H23BrClN3O4. The van der Waals surface area contributed by atoms with Gasteiger partial charge in [-0.1, -0.05) is 34.5 Å². The Bertz CT molecular complexity index is 1230. The molecule has 3 aromatic rings. The third-order valence-corrected chi connectivity index (χ3v) is 5.34. The molecule has 32 heavy (non-hydrogen) atoms. The van der Waals surface area contributed by atoms with Gasteiger partial charge in [-0.2, -0.15) is 9.78 Å². The Balaban J connectivity index is 1.91. The molecule has 0 aliphatic rings. The molecule has 1 aromatic heterocycles. The second kappa shape index (κ2) is 10.7. The quantitative estimate of drug-likeness (QED) is 0.309. The summed E-state index contributed by atoms with van der Waals surface area (Å²) >= 11 is 9.72. The third kappa shape index (κ3) is 5.55. The number of fused-ring (bicyclic) bond motifs is 1. The fraction of sp³-hybridized carbons (Fsp3) is 0.304. The zero-order chi connectivity index (χ0) is 23.3. The van der Waals surface area contributed by atoms with Crippen molar-refractivity contribution in [1.82, 2.24) is 9.66 Å². The van der Waals surface area contributed by atoms with Crippen LogP contribution in [0.15, 0.2) is 50.8 Å². The molecule has 3 rings (SSSR count). The molecule has 0 amide bonds. The number of carbonyl (C=O) groups is 1. The highest BCUT2D eigenvalue weighted by Crippen LogP contribution is 2.26. The first kappa shape index (κ1) is 23.9. The van der Waals surface area contributed by atoms with Gasteiger partial charge in [0, 0.05) is 10.9 Å². The van der Waals surface area contributed by atoms with Crippen molar-refractivity contribution in [2.24, 2.45) is 5.10 Å². The molecule has 0 saturated heterocycles. The number of nitrogens with zero attached hydrogens (tertiary/aromatic N) is 3. The maximum Gasteiger partial charge on any atom is 0.347 e. The summed E-state index contributed by atoms with van der Waals surface area (Å²) in [6.07, 6.45) is 2.18. The van der Waals surface area contributed by atoms with Crippen molar-refractivity contribution >= 4 is 50.6 Å². The Labute approximate surface area is 199 Å². The summed E-state index contributed by atoms with van der Waals surface area (Å²) in [5.74, 6) is 0.468. The van der Waals surface area contributed by atoms with Gasteiger partial charge in [0.1, 0.15) is 11.6 Å². The van der Waals surface area contributed by atoms with Crippen LogP contribution in [0.25, 0.3) is 10.9 Å². The minimum atomic E-state index is -0.787. The van der Waals surface area contributed by atoms with Gasteiger partial charge in [-0.05, 0) is 62.2 Å². The van der Waals surface area contributed by atoms with Crippen LogP contribution in [-0.4, -0.2) is 34.6 Å². The highest BCUT2D eigenvalue weighted by molar-refractivity contribution is 9.10. The van der Waals surface area contributed by atoms with E-state index in [9.17, 15) is 9.59 Å². The number of halogens is 2. The highest BCUT2D eigenvalue weighted by Gasteiger charge is 2.17. The zero-order valence-corrected chi connectivity index (χ0v) is 20.3. The molecule has 0 radical (unpaired) electrons. The van der Waals surface area contributed by atoms with Crippen LogP contribution in [0.4, 0.5) is 0 Å². The van der Waals surface area contributed by atoms with Crippen LogP contribution >= 0.6 is 27.5 Å². The van der Waals surface area contributed by atoms with Gasteiger partial charge in [-0.25, -0.2) is 9.78 Å². The van der Waals surface area contributed by atoms with Gasteiger partial charge in [0.25, 0.3) is 5.56 Å². The second-order valence-electron chi connectivity index (χ2n) is 7.00. The first-order valence-corrected chi connectivity index (χ1v) is 11.4. The molecule has 0 N–H and O–H groups in total. The number of esters is 1. The van der Waals surface area contributed by atoms with Gasteiger partial charge >= 0.3 is 5.97 Å². The average molecular weight is 521 g/mol. The molecule has 0 saturated carbocycles. The lowest BCUT2D eigenvalue weighted by molar-refractivity contribution is -0.150. The standard InChI is InChI=1S/C23H23BrClN3O4/c1-4-6-21-27-19-9-8-16(24)12-17(19)22(29)28(21)26-13-15-7-10-20(18(25)11-15)32-14(3)23(30)31-5-2/h7-14H,4-6H2,1-3H3/t14-/m0/s1. The summed E-state index contributed by atoms with van der Waals surface area (Å²) in [7, 11) is 0. The number of ether oxygens (including phenoxy) is 2. The molecule has 0 bridgehead atoms. The summed E-state index contributed by atoms with van der Waals surface area (Å²) < 4.78 is 12.6. The molecule has 0 aliphatic carbocycles. The predicted molar refractivity (Wildman–Crippen MR) is 129 cm³/mol. The first-order valence-electron chi connectivity index (χ1n) is 10.2. The van der Waals surface area contributed by atoms with E-state index in [0.717, 1.165) is 10.9 Å². The van der Waals surface area contributed by atoms with Crippen LogP contribution in [0.3, 0.4) is 0 Å². The fourth-order valence-corrected chi connectivity index (χ4v) is 3.61. The zero-order valence-electron chi connectivity index (χ0n) is 18.0. The van der Waals surface area contributed by atoms with E-state index in [4.69, 9.17) is 21.1 Å². The Morgan fingerprint density at radius 1 is 1.28 bits per heavy atom. The van der Waals surface area contributed by atoms with Crippen LogP contribution in [0.1, 0.15) is 38.6 Å². The van der Waals surface area contributed by atoms with E-state index in [1.807, 2.05) is 19.1 Å². The highest BCUT2D eigenvalue weighted by atomic mass is 79.9. The first-order chi connectivity index (χ1) is 15.3. The van der Waals surface area contributed by atoms with Crippen molar-refractivity contribution in [3.8, 4) is 5.75 Å². The van der Waals surface area contributed by atoms with Crippen molar-refractivity contribution in [3.05, 3.63) is 67.6 Å². The molecule has 168 valence electrons. The van der Waals surface area contributed by atoms with Crippen molar-refractivity contribution in [2.45, 2.75) is 39.7 Å². The van der Waals surface area contributed by atoms with Crippen LogP contribution in [0.2, 0.25) is 5.02 Å². The maximum atomic E-state index is 13.1. The summed E-state index contributed by atoms with van der Waals surface area (Å²) in [5.41, 5.74) is 1.05. The molecule has 1 atom stereocenters. The number of benzene rings is 2. The van der Waals surface area contributed by atoms with Gasteiger partial charge < -0.3 is 9.47 Å². The minimum absolute atomic E-state index is 0.245. The number of aryl methyl sites for hydroxylation is 1. The summed E-state index contributed by atoms with van der Waals surface area (Å²) in [6, 6.07) is 10.4. The van der Waals surface area contributed by atoms with Crippen molar-refractivity contribution in [1.29, 1.82) is 0 Å². The van der Waals surface area contributed by atoms with Gasteiger partial charge in [0.2, 0.25) is 0 Å².